The van der Waals surface area contributed by atoms with Gasteiger partial charge in [-0.1, -0.05) is 20.8 Å². The van der Waals surface area contributed by atoms with Gasteiger partial charge in [-0.3, -0.25) is 0 Å². The van der Waals surface area contributed by atoms with Crippen LogP contribution in [0.3, 0.4) is 0 Å². The minimum Gasteiger partial charge on any atom is -0.513 e. The van der Waals surface area contributed by atoms with Crippen LogP contribution in [0.4, 0.5) is 13.2 Å². The van der Waals surface area contributed by atoms with Gasteiger partial charge in [-0.05, 0) is 18.1 Å². The standard InChI is InChI=1S/C8H15F3O2Si/c1-7(2,3)14(4,5)13-6(12)8(9,10)11/h1-5H3. The van der Waals surface area contributed by atoms with Crippen LogP contribution in [0.15, 0.2) is 0 Å². The molecule has 0 aliphatic carbocycles. The predicted molar refractivity (Wildman–Crippen MR) is 49.3 cm³/mol. The largest absolute Gasteiger partial charge is 0.513 e. The first kappa shape index (κ1) is 13.5. The van der Waals surface area contributed by atoms with Gasteiger partial charge in [-0.25, -0.2) is 4.79 Å². The second-order valence-corrected chi connectivity index (χ2v) is 9.37. The van der Waals surface area contributed by atoms with Crippen molar-refractivity contribution in [3.8, 4) is 0 Å². The molecule has 0 aliphatic heterocycles. The SMILES string of the molecule is CC(C)(C)[Si](C)(C)OC(=O)C(F)(F)F. The van der Waals surface area contributed by atoms with Gasteiger partial charge in [0.05, 0.1) is 0 Å². The van der Waals surface area contributed by atoms with E-state index in [9.17, 15) is 18.0 Å². The molecule has 0 saturated carbocycles. The quantitative estimate of drug-likeness (QED) is 0.645. The lowest BCUT2D eigenvalue weighted by molar-refractivity contribution is -0.191. The Morgan fingerprint density at radius 3 is 1.71 bits per heavy atom. The maximum Gasteiger partial charge on any atom is 0.489 e. The summed E-state index contributed by atoms with van der Waals surface area (Å²) in [5.74, 6) is -2.08. The van der Waals surface area contributed by atoms with Crippen LogP contribution in [0.2, 0.25) is 18.1 Å². The van der Waals surface area contributed by atoms with E-state index in [0.29, 0.717) is 0 Å². The third-order valence-corrected chi connectivity index (χ3v) is 6.69. The highest BCUT2D eigenvalue weighted by atomic mass is 28.4. The van der Waals surface area contributed by atoms with Crippen molar-refractivity contribution in [1.29, 1.82) is 0 Å². The van der Waals surface area contributed by atoms with Gasteiger partial charge in [0, 0.05) is 0 Å². The Balaban J connectivity index is 4.62. The highest BCUT2D eigenvalue weighted by Crippen LogP contribution is 2.37. The molecule has 0 radical (unpaired) electrons. The molecule has 84 valence electrons. The van der Waals surface area contributed by atoms with Crippen molar-refractivity contribution in [2.24, 2.45) is 0 Å². The zero-order valence-electron chi connectivity index (χ0n) is 8.95. The molecule has 0 aliphatic rings. The minimum atomic E-state index is -4.89. The van der Waals surface area contributed by atoms with E-state index in [4.69, 9.17) is 0 Å². The summed E-state index contributed by atoms with van der Waals surface area (Å²) in [6.07, 6.45) is -4.89. The first-order chi connectivity index (χ1) is 5.88. The number of hydrogen-bond acceptors (Lipinski definition) is 2. The average molecular weight is 228 g/mol. The van der Waals surface area contributed by atoms with Crippen molar-refractivity contribution in [3.63, 3.8) is 0 Å². The van der Waals surface area contributed by atoms with Crippen molar-refractivity contribution in [3.05, 3.63) is 0 Å². The Morgan fingerprint density at radius 2 is 1.50 bits per heavy atom. The zero-order chi connectivity index (χ0) is 11.8. The summed E-state index contributed by atoms with van der Waals surface area (Å²) in [6.45, 7) is 8.49. The molecule has 0 rings (SSSR count). The van der Waals surface area contributed by atoms with E-state index in [1.54, 1.807) is 33.9 Å². The Morgan fingerprint density at radius 1 is 1.14 bits per heavy atom. The molecule has 0 bridgehead atoms. The molecule has 0 aromatic rings. The Labute approximate surface area is 82.6 Å². The summed E-state index contributed by atoms with van der Waals surface area (Å²) in [4.78, 5) is 10.6. The Hall–Kier alpha value is -0.523. The molecule has 0 atom stereocenters. The summed E-state index contributed by atoms with van der Waals surface area (Å²) in [6, 6.07) is 0. The number of halogens is 3. The number of alkyl halides is 3. The molecule has 0 N–H and O–H groups in total. The third-order valence-electron chi connectivity index (χ3n) is 2.39. The first-order valence-corrected chi connectivity index (χ1v) is 7.09. The number of carbonyl (C=O) groups is 1. The molecule has 6 heteroatoms. The van der Waals surface area contributed by atoms with Crippen LogP contribution < -0.4 is 0 Å². The fourth-order valence-corrected chi connectivity index (χ4v) is 1.33. The smallest absolute Gasteiger partial charge is 0.489 e. The molecule has 0 aromatic carbocycles. The highest BCUT2D eigenvalue weighted by molar-refractivity contribution is 6.75. The number of rotatable bonds is 1. The number of hydrogen-bond donors (Lipinski definition) is 0. The lowest BCUT2D eigenvalue weighted by Gasteiger charge is -2.35. The summed E-state index contributed by atoms with van der Waals surface area (Å²) < 4.78 is 40.3. The molecule has 0 saturated heterocycles. The predicted octanol–water partition coefficient (Wildman–Crippen LogP) is 3.10. The lowest BCUT2D eigenvalue weighted by Crippen LogP contribution is -2.45. The topological polar surface area (TPSA) is 26.3 Å². The van der Waals surface area contributed by atoms with Crippen LogP contribution >= 0.6 is 0 Å². The van der Waals surface area contributed by atoms with E-state index in [1.807, 2.05) is 0 Å². The number of carbonyl (C=O) groups excluding carboxylic acids is 1. The fraction of sp³-hybridized carbons (Fsp3) is 0.875. The third kappa shape index (κ3) is 3.32. The fourth-order valence-electron chi connectivity index (χ4n) is 0.443. The van der Waals surface area contributed by atoms with Crippen LogP contribution in [0, 0.1) is 0 Å². The van der Waals surface area contributed by atoms with Gasteiger partial charge >= 0.3 is 12.1 Å². The summed E-state index contributed by atoms with van der Waals surface area (Å²) in [5.41, 5.74) is 0. The van der Waals surface area contributed by atoms with Crippen molar-refractivity contribution < 1.29 is 22.4 Å². The highest BCUT2D eigenvalue weighted by Gasteiger charge is 2.48. The van der Waals surface area contributed by atoms with Gasteiger partial charge in [0.15, 0.2) is 0 Å². The molecule has 0 aromatic heterocycles. The second kappa shape index (κ2) is 3.56. The lowest BCUT2D eigenvalue weighted by atomic mass is 10.2. The molecule has 0 fully saturated rings. The van der Waals surface area contributed by atoms with Gasteiger partial charge in [0.1, 0.15) is 0 Å². The monoisotopic (exact) mass is 228 g/mol. The van der Waals surface area contributed by atoms with Crippen molar-refractivity contribution in [2.45, 2.75) is 45.1 Å². The van der Waals surface area contributed by atoms with Crippen LogP contribution in [-0.4, -0.2) is 20.5 Å². The minimum absolute atomic E-state index is 0.409. The van der Waals surface area contributed by atoms with Crippen molar-refractivity contribution >= 4 is 14.3 Å². The van der Waals surface area contributed by atoms with Gasteiger partial charge in [0.2, 0.25) is 0 Å². The molecule has 0 amide bonds. The molecule has 0 spiro atoms. The molecule has 0 unspecified atom stereocenters. The summed E-state index contributed by atoms with van der Waals surface area (Å²) in [5, 5.41) is -0.409. The van der Waals surface area contributed by atoms with E-state index >= 15 is 0 Å². The average Bonchev–Trinajstić information content (AvgIpc) is 1.80. The van der Waals surface area contributed by atoms with Gasteiger partial charge in [-0.15, -0.1) is 0 Å². The Bertz CT molecular complexity index is 228. The van der Waals surface area contributed by atoms with E-state index in [0.717, 1.165) is 0 Å². The maximum absolute atomic E-state index is 11.9. The molecule has 2 nitrogen and oxygen atoms in total. The van der Waals surface area contributed by atoms with Crippen LogP contribution in [0.5, 0.6) is 0 Å². The first-order valence-electron chi connectivity index (χ1n) is 4.18. The molecular weight excluding hydrogens is 213 g/mol. The second-order valence-electron chi connectivity index (χ2n) is 4.65. The molecule has 0 heterocycles. The zero-order valence-corrected chi connectivity index (χ0v) is 9.95. The Kier molecular flexibility index (Phi) is 3.43. The van der Waals surface area contributed by atoms with Crippen LogP contribution in [0.1, 0.15) is 20.8 Å². The van der Waals surface area contributed by atoms with E-state index in [2.05, 4.69) is 4.43 Å². The molecule has 14 heavy (non-hydrogen) atoms. The van der Waals surface area contributed by atoms with Gasteiger partial charge in [-0.2, -0.15) is 13.2 Å². The maximum atomic E-state index is 11.9. The van der Waals surface area contributed by atoms with Crippen LogP contribution in [0.25, 0.3) is 0 Å². The van der Waals surface area contributed by atoms with E-state index in [-0.39, 0.29) is 0 Å². The summed E-state index contributed by atoms with van der Waals surface area (Å²) in [7, 11) is -2.65. The normalized spacial score (nSPS) is 14.0. The van der Waals surface area contributed by atoms with Crippen molar-refractivity contribution in [1.82, 2.24) is 0 Å². The summed E-state index contributed by atoms with van der Waals surface area (Å²) >= 11 is 0. The van der Waals surface area contributed by atoms with Gasteiger partial charge in [0.25, 0.3) is 8.32 Å². The van der Waals surface area contributed by atoms with E-state index in [1.165, 1.54) is 0 Å². The van der Waals surface area contributed by atoms with Crippen LogP contribution in [-0.2, 0) is 9.22 Å². The van der Waals surface area contributed by atoms with E-state index < -0.39 is 25.5 Å². The van der Waals surface area contributed by atoms with Gasteiger partial charge < -0.3 is 4.43 Å². The van der Waals surface area contributed by atoms with Crippen molar-refractivity contribution in [2.75, 3.05) is 0 Å². The molecular formula is C8H15F3O2Si.